The molecule has 2 heteroatoms. The fraction of sp³-hybridized carbons (Fsp3) is 0.300. The molecule has 0 heterocycles. The van der Waals surface area contributed by atoms with E-state index in [0.29, 0.717) is 0 Å². The minimum absolute atomic E-state index is 0.812. The van der Waals surface area contributed by atoms with Gasteiger partial charge in [-0.15, -0.1) is 0 Å². The van der Waals surface area contributed by atoms with Crippen molar-refractivity contribution < 1.29 is 0 Å². The van der Waals surface area contributed by atoms with Crippen LogP contribution in [0.25, 0.3) is 5.57 Å². The van der Waals surface area contributed by atoms with Crippen molar-refractivity contribution in [2.24, 2.45) is 11.8 Å². The van der Waals surface area contributed by atoms with Crippen molar-refractivity contribution in [3.8, 4) is 0 Å². The average Bonchev–Trinajstić information content (AvgIpc) is 3.12. The molecular weight excluding hydrogens is 400 g/mol. The summed E-state index contributed by atoms with van der Waals surface area (Å²) >= 11 is 7.12. The predicted octanol–water partition coefficient (Wildman–Crippen LogP) is 6.83. The van der Waals surface area contributed by atoms with Gasteiger partial charge in [0.15, 0.2) is 0 Å². The Kier molecular flexibility index (Phi) is 4.00. The third-order valence-electron chi connectivity index (χ3n) is 5.16. The molecule has 0 spiro atoms. The summed E-state index contributed by atoms with van der Waals surface area (Å²) in [6, 6.07) is 17.7. The largest absolute Gasteiger partial charge is 0.0556 e. The summed E-state index contributed by atoms with van der Waals surface area (Å²) < 4.78 is 2.29. The first-order chi connectivity index (χ1) is 10.7. The highest BCUT2D eigenvalue weighted by molar-refractivity contribution is 9.10. The second kappa shape index (κ2) is 5.98. The monoisotopic (exact) mass is 416 g/mol. The zero-order chi connectivity index (χ0) is 15.1. The van der Waals surface area contributed by atoms with Crippen LogP contribution in [0.3, 0.4) is 0 Å². The van der Waals surface area contributed by atoms with E-state index < -0.39 is 0 Å². The van der Waals surface area contributed by atoms with Crippen molar-refractivity contribution in [1.29, 1.82) is 0 Å². The van der Waals surface area contributed by atoms with Crippen LogP contribution in [0.1, 0.15) is 36.8 Å². The molecule has 0 atom stereocenters. The van der Waals surface area contributed by atoms with Gasteiger partial charge in [-0.05, 0) is 78.5 Å². The molecule has 2 aliphatic rings. The molecule has 0 nitrogen and oxygen atoms in total. The normalized spacial score (nSPS) is 23.1. The quantitative estimate of drug-likeness (QED) is 0.502. The number of hydrogen-bond acceptors (Lipinski definition) is 0. The molecule has 2 aromatic rings. The summed E-state index contributed by atoms with van der Waals surface area (Å²) in [5, 5.41) is 0. The Morgan fingerprint density at radius 2 is 1.00 bits per heavy atom. The highest BCUT2D eigenvalue weighted by Gasteiger charge is 2.38. The van der Waals surface area contributed by atoms with E-state index in [2.05, 4.69) is 80.4 Å². The number of hydrogen-bond donors (Lipinski definition) is 0. The molecule has 2 aromatic carbocycles. The van der Waals surface area contributed by atoms with Gasteiger partial charge in [0.1, 0.15) is 0 Å². The van der Waals surface area contributed by atoms with E-state index in [1.54, 1.807) is 5.57 Å². The molecule has 0 aliphatic heterocycles. The predicted molar refractivity (Wildman–Crippen MR) is 99.8 cm³/mol. The molecule has 2 bridgehead atoms. The summed E-state index contributed by atoms with van der Waals surface area (Å²) in [5.74, 6) is 1.62. The second-order valence-electron chi connectivity index (χ2n) is 6.39. The molecule has 112 valence electrons. The van der Waals surface area contributed by atoms with Crippen molar-refractivity contribution in [3.63, 3.8) is 0 Å². The van der Waals surface area contributed by atoms with Gasteiger partial charge in [0, 0.05) is 8.95 Å². The molecule has 2 aliphatic carbocycles. The molecule has 4 rings (SSSR count). The molecule has 2 saturated carbocycles. The lowest BCUT2D eigenvalue weighted by molar-refractivity contribution is 0.480. The second-order valence-corrected chi connectivity index (χ2v) is 8.22. The molecule has 0 saturated heterocycles. The van der Waals surface area contributed by atoms with Crippen molar-refractivity contribution in [2.75, 3.05) is 0 Å². The Hall–Kier alpha value is -0.860. The minimum atomic E-state index is 0.812. The van der Waals surface area contributed by atoms with Crippen molar-refractivity contribution in [3.05, 3.63) is 74.2 Å². The molecule has 0 amide bonds. The lowest BCUT2D eigenvalue weighted by Gasteiger charge is -2.16. The van der Waals surface area contributed by atoms with E-state index in [0.717, 1.165) is 20.8 Å². The first-order valence-corrected chi connectivity index (χ1v) is 9.57. The van der Waals surface area contributed by atoms with E-state index in [9.17, 15) is 0 Å². The first kappa shape index (κ1) is 14.7. The van der Waals surface area contributed by atoms with Crippen LogP contribution in [-0.4, -0.2) is 0 Å². The maximum absolute atomic E-state index is 3.56. The van der Waals surface area contributed by atoms with Crippen LogP contribution in [0.5, 0.6) is 0 Å². The van der Waals surface area contributed by atoms with Crippen LogP contribution in [0, 0.1) is 11.8 Å². The lowest BCUT2D eigenvalue weighted by atomic mass is 9.88. The number of halogens is 2. The summed E-state index contributed by atoms with van der Waals surface area (Å²) in [6.07, 6.45) is 5.54. The van der Waals surface area contributed by atoms with Gasteiger partial charge in [-0.3, -0.25) is 0 Å². The SMILES string of the molecule is Brc1ccc(C(=C2C3CCC2CC3)c2ccc(Br)cc2)cc1. The van der Waals surface area contributed by atoms with Gasteiger partial charge in [0.25, 0.3) is 0 Å². The Morgan fingerprint density at radius 3 is 1.36 bits per heavy atom. The van der Waals surface area contributed by atoms with Gasteiger partial charge < -0.3 is 0 Å². The van der Waals surface area contributed by atoms with E-state index in [4.69, 9.17) is 0 Å². The molecule has 0 aromatic heterocycles. The van der Waals surface area contributed by atoms with E-state index in [1.807, 2.05) is 0 Å². The fourth-order valence-electron chi connectivity index (χ4n) is 4.19. The van der Waals surface area contributed by atoms with Gasteiger partial charge in [0.2, 0.25) is 0 Å². The number of allylic oxidation sites excluding steroid dienone is 1. The Balaban J connectivity index is 1.90. The molecule has 0 unspecified atom stereocenters. The van der Waals surface area contributed by atoms with Crippen molar-refractivity contribution >= 4 is 37.4 Å². The van der Waals surface area contributed by atoms with Crippen LogP contribution < -0.4 is 0 Å². The summed E-state index contributed by atoms with van der Waals surface area (Å²) in [4.78, 5) is 0. The molecule has 2 fully saturated rings. The zero-order valence-corrected chi connectivity index (χ0v) is 15.5. The standard InChI is InChI=1S/C20H18Br2/c21-17-9-5-15(6-10-17)20(16-7-11-18(22)12-8-16)19-13-1-2-14(19)4-3-13/h5-14H,1-4H2. The van der Waals surface area contributed by atoms with Crippen molar-refractivity contribution in [2.45, 2.75) is 25.7 Å². The topological polar surface area (TPSA) is 0 Å². The minimum Gasteiger partial charge on any atom is -0.0556 e. The third-order valence-corrected chi connectivity index (χ3v) is 6.22. The lowest BCUT2D eigenvalue weighted by Crippen LogP contribution is -1.99. The molecule has 22 heavy (non-hydrogen) atoms. The highest BCUT2D eigenvalue weighted by atomic mass is 79.9. The van der Waals surface area contributed by atoms with E-state index in [-0.39, 0.29) is 0 Å². The van der Waals surface area contributed by atoms with Gasteiger partial charge in [0.05, 0.1) is 0 Å². The van der Waals surface area contributed by atoms with Gasteiger partial charge in [-0.25, -0.2) is 0 Å². The average molecular weight is 418 g/mol. The summed E-state index contributed by atoms with van der Waals surface area (Å²) in [7, 11) is 0. The van der Waals surface area contributed by atoms with Gasteiger partial charge >= 0.3 is 0 Å². The Labute approximate surface area is 148 Å². The Morgan fingerprint density at radius 1 is 0.636 bits per heavy atom. The van der Waals surface area contributed by atoms with Crippen LogP contribution in [0.15, 0.2) is 63.0 Å². The molecule has 0 radical (unpaired) electrons. The smallest absolute Gasteiger partial charge is 0.0175 e. The van der Waals surface area contributed by atoms with Gasteiger partial charge in [-0.2, -0.15) is 0 Å². The van der Waals surface area contributed by atoms with Gasteiger partial charge in [-0.1, -0.05) is 61.7 Å². The fourth-order valence-corrected chi connectivity index (χ4v) is 4.72. The molecule has 0 N–H and O–H groups in total. The summed E-state index contributed by atoms with van der Waals surface area (Å²) in [6.45, 7) is 0. The van der Waals surface area contributed by atoms with Crippen LogP contribution in [0.2, 0.25) is 0 Å². The summed E-state index contributed by atoms with van der Waals surface area (Å²) in [5.41, 5.74) is 5.94. The van der Waals surface area contributed by atoms with E-state index in [1.165, 1.54) is 42.4 Å². The Bertz CT molecular complexity index is 641. The zero-order valence-electron chi connectivity index (χ0n) is 12.4. The third kappa shape index (κ3) is 2.61. The maximum atomic E-state index is 3.56. The number of benzene rings is 2. The first-order valence-electron chi connectivity index (χ1n) is 7.98. The number of fused-ring (bicyclic) bond motifs is 2. The van der Waals surface area contributed by atoms with Crippen LogP contribution >= 0.6 is 31.9 Å². The highest BCUT2D eigenvalue weighted by Crippen LogP contribution is 2.52. The van der Waals surface area contributed by atoms with Crippen molar-refractivity contribution in [1.82, 2.24) is 0 Å². The maximum Gasteiger partial charge on any atom is 0.0175 e. The molecular formula is C20H18Br2. The van der Waals surface area contributed by atoms with Crippen LogP contribution in [0.4, 0.5) is 0 Å². The number of rotatable bonds is 2. The van der Waals surface area contributed by atoms with Crippen LogP contribution in [-0.2, 0) is 0 Å². The van der Waals surface area contributed by atoms with E-state index >= 15 is 0 Å².